The van der Waals surface area contributed by atoms with Gasteiger partial charge in [-0.2, -0.15) is 0 Å². The van der Waals surface area contributed by atoms with Crippen LogP contribution in [0.15, 0.2) is 42.6 Å². The number of nitrogens with zero attached hydrogens (tertiary/aromatic N) is 1. The Morgan fingerprint density at radius 3 is 2.74 bits per heavy atom. The zero-order valence-corrected chi connectivity index (χ0v) is 10.5. The van der Waals surface area contributed by atoms with E-state index in [0.29, 0.717) is 11.4 Å². The first-order chi connectivity index (χ1) is 9.20. The standard InChI is InChI=1S/C14H14N2O3/c1-18-13-5-3-2-4-10(13)9-19-14(17)12-7-6-11(15)8-16-12/h2-8H,9,15H2,1H3. The molecule has 98 valence electrons. The topological polar surface area (TPSA) is 74.4 Å². The van der Waals surface area contributed by atoms with Crippen LogP contribution < -0.4 is 10.5 Å². The van der Waals surface area contributed by atoms with Gasteiger partial charge in [0.05, 0.1) is 19.0 Å². The summed E-state index contributed by atoms with van der Waals surface area (Å²) in [6, 6.07) is 10.5. The van der Waals surface area contributed by atoms with E-state index in [1.165, 1.54) is 12.3 Å². The van der Waals surface area contributed by atoms with Gasteiger partial charge in [-0.3, -0.25) is 0 Å². The number of nitrogen functional groups attached to an aromatic ring is 1. The molecule has 5 heteroatoms. The van der Waals surface area contributed by atoms with Gasteiger partial charge in [-0.15, -0.1) is 0 Å². The number of carbonyl (C=O) groups is 1. The lowest BCUT2D eigenvalue weighted by Gasteiger charge is -2.08. The van der Waals surface area contributed by atoms with Crippen LogP contribution in [0.4, 0.5) is 5.69 Å². The second-order valence-electron chi connectivity index (χ2n) is 3.86. The molecule has 0 aliphatic heterocycles. The van der Waals surface area contributed by atoms with Gasteiger partial charge in [0.1, 0.15) is 18.1 Å². The van der Waals surface area contributed by atoms with Crippen molar-refractivity contribution in [1.82, 2.24) is 4.98 Å². The Morgan fingerprint density at radius 2 is 2.05 bits per heavy atom. The molecule has 0 fully saturated rings. The minimum absolute atomic E-state index is 0.134. The van der Waals surface area contributed by atoms with Crippen molar-refractivity contribution in [3.05, 3.63) is 53.9 Å². The summed E-state index contributed by atoms with van der Waals surface area (Å²) in [5.74, 6) is 0.187. The molecule has 19 heavy (non-hydrogen) atoms. The molecule has 0 aliphatic rings. The summed E-state index contributed by atoms with van der Waals surface area (Å²) < 4.78 is 10.3. The molecule has 2 aromatic rings. The van der Waals surface area contributed by atoms with Gasteiger partial charge in [-0.1, -0.05) is 18.2 Å². The zero-order chi connectivity index (χ0) is 13.7. The first-order valence-corrected chi connectivity index (χ1v) is 5.71. The fourth-order valence-electron chi connectivity index (χ4n) is 1.57. The van der Waals surface area contributed by atoms with Crippen molar-refractivity contribution >= 4 is 11.7 Å². The summed E-state index contributed by atoms with van der Waals surface area (Å²) in [6.07, 6.45) is 1.42. The van der Waals surface area contributed by atoms with E-state index in [0.717, 1.165) is 5.56 Å². The molecular formula is C14H14N2O3. The van der Waals surface area contributed by atoms with Crippen LogP contribution in [-0.4, -0.2) is 18.1 Å². The Labute approximate surface area is 111 Å². The molecule has 5 nitrogen and oxygen atoms in total. The lowest BCUT2D eigenvalue weighted by atomic mass is 10.2. The molecule has 0 unspecified atom stereocenters. The van der Waals surface area contributed by atoms with Crippen molar-refractivity contribution in [2.24, 2.45) is 0 Å². The van der Waals surface area contributed by atoms with Crippen molar-refractivity contribution < 1.29 is 14.3 Å². The van der Waals surface area contributed by atoms with E-state index < -0.39 is 5.97 Å². The Kier molecular flexibility index (Phi) is 3.97. The first-order valence-electron chi connectivity index (χ1n) is 5.71. The number of anilines is 1. The second kappa shape index (κ2) is 5.86. The van der Waals surface area contributed by atoms with Crippen molar-refractivity contribution in [2.75, 3.05) is 12.8 Å². The number of aromatic nitrogens is 1. The number of hydrogen-bond acceptors (Lipinski definition) is 5. The molecule has 1 aromatic carbocycles. The van der Waals surface area contributed by atoms with E-state index in [9.17, 15) is 4.79 Å². The molecule has 2 N–H and O–H groups in total. The van der Waals surface area contributed by atoms with Crippen molar-refractivity contribution in [3.63, 3.8) is 0 Å². The number of hydrogen-bond donors (Lipinski definition) is 1. The number of pyridine rings is 1. The number of methoxy groups -OCH3 is 1. The monoisotopic (exact) mass is 258 g/mol. The summed E-state index contributed by atoms with van der Waals surface area (Å²) in [7, 11) is 1.57. The fraction of sp³-hybridized carbons (Fsp3) is 0.143. The normalized spacial score (nSPS) is 9.95. The second-order valence-corrected chi connectivity index (χ2v) is 3.86. The highest BCUT2D eigenvalue weighted by molar-refractivity contribution is 5.87. The summed E-state index contributed by atoms with van der Waals surface area (Å²) in [5.41, 5.74) is 7.03. The van der Waals surface area contributed by atoms with E-state index >= 15 is 0 Å². The van der Waals surface area contributed by atoms with Crippen LogP contribution in [0.25, 0.3) is 0 Å². The number of benzene rings is 1. The minimum atomic E-state index is -0.495. The van der Waals surface area contributed by atoms with E-state index in [2.05, 4.69) is 4.98 Å². The Balaban J connectivity index is 2.02. The van der Waals surface area contributed by atoms with E-state index in [-0.39, 0.29) is 12.3 Å². The van der Waals surface area contributed by atoms with E-state index in [4.69, 9.17) is 15.2 Å². The third-order valence-electron chi connectivity index (χ3n) is 2.55. The highest BCUT2D eigenvalue weighted by Crippen LogP contribution is 2.18. The molecule has 0 bridgehead atoms. The number of para-hydroxylation sites is 1. The molecule has 0 amide bonds. The van der Waals surface area contributed by atoms with Gasteiger partial charge in [0.25, 0.3) is 0 Å². The average molecular weight is 258 g/mol. The molecule has 2 rings (SSSR count). The summed E-state index contributed by atoms with van der Waals surface area (Å²) in [6.45, 7) is 0.134. The number of carbonyl (C=O) groups excluding carboxylic acids is 1. The number of nitrogens with two attached hydrogens (primary N) is 1. The maximum Gasteiger partial charge on any atom is 0.357 e. The van der Waals surface area contributed by atoms with Gasteiger partial charge < -0.3 is 15.2 Å². The molecule has 1 aromatic heterocycles. The zero-order valence-electron chi connectivity index (χ0n) is 10.5. The van der Waals surface area contributed by atoms with Gasteiger partial charge in [-0.05, 0) is 18.2 Å². The SMILES string of the molecule is COc1ccccc1COC(=O)c1ccc(N)cn1. The molecule has 0 radical (unpaired) electrons. The fourth-order valence-corrected chi connectivity index (χ4v) is 1.57. The number of esters is 1. The highest BCUT2D eigenvalue weighted by Gasteiger charge is 2.10. The lowest BCUT2D eigenvalue weighted by molar-refractivity contribution is 0.0463. The quantitative estimate of drug-likeness (QED) is 0.849. The molecule has 0 aliphatic carbocycles. The van der Waals surface area contributed by atoms with Gasteiger partial charge in [0.2, 0.25) is 0 Å². The maximum atomic E-state index is 11.8. The van der Waals surface area contributed by atoms with E-state index in [1.807, 2.05) is 24.3 Å². The van der Waals surface area contributed by atoms with Crippen LogP contribution in [0.1, 0.15) is 16.1 Å². The minimum Gasteiger partial charge on any atom is -0.496 e. The van der Waals surface area contributed by atoms with Crippen LogP contribution in [0.5, 0.6) is 5.75 Å². The molecule has 0 saturated carbocycles. The van der Waals surface area contributed by atoms with Crippen molar-refractivity contribution in [2.45, 2.75) is 6.61 Å². The first kappa shape index (κ1) is 12.9. The summed E-state index contributed by atoms with van der Waals surface area (Å²) >= 11 is 0. The van der Waals surface area contributed by atoms with Crippen LogP contribution >= 0.6 is 0 Å². The predicted molar refractivity (Wildman–Crippen MR) is 70.8 cm³/mol. The summed E-state index contributed by atoms with van der Waals surface area (Å²) in [4.78, 5) is 15.7. The maximum absolute atomic E-state index is 11.8. The molecule has 1 heterocycles. The average Bonchev–Trinajstić information content (AvgIpc) is 2.45. The smallest absolute Gasteiger partial charge is 0.357 e. The third kappa shape index (κ3) is 3.22. The van der Waals surface area contributed by atoms with Crippen LogP contribution in [0.3, 0.4) is 0 Å². The lowest BCUT2D eigenvalue weighted by Crippen LogP contribution is -2.08. The Morgan fingerprint density at radius 1 is 1.26 bits per heavy atom. The van der Waals surface area contributed by atoms with Crippen LogP contribution in [0, 0.1) is 0 Å². The summed E-state index contributed by atoms with van der Waals surface area (Å²) in [5, 5.41) is 0. The van der Waals surface area contributed by atoms with Gasteiger partial charge in [0.15, 0.2) is 0 Å². The number of rotatable bonds is 4. The molecule has 0 spiro atoms. The predicted octanol–water partition coefficient (Wildman–Crippen LogP) is 2.03. The van der Waals surface area contributed by atoms with Gasteiger partial charge >= 0.3 is 5.97 Å². The van der Waals surface area contributed by atoms with Crippen LogP contribution in [-0.2, 0) is 11.3 Å². The van der Waals surface area contributed by atoms with Gasteiger partial charge in [0, 0.05) is 5.56 Å². The Hall–Kier alpha value is -2.56. The molecule has 0 saturated heterocycles. The van der Waals surface area contributed by atoms with Crippen molar-refractivity contribution in [1.29, 1.82) is 0 Å². The van der Waals surface area contributed by atoms with Crippen molar-refractivity contribution in [3.8, 4) is 5.75 Å². The van der Waals surface area contributed by atoms with Crippen LogP contribution in [0.2, 0.25) is 0 Å². The largest absolute Gasteiger partial charge is 0.496 e. The number of ether oxygens (including phenoxy) is 2. The van der Waals surface area contributed by atoms with E-state index in [1.54, 1.807) is 13.2 Å². The molecule has 0 atom stereocenters. The highest BCUT2D eigenvalue weighted by atomic mass is 16.5. The Bertz CT molecular complexity index is 567. The van der Waals surface area contributed by atoms with Gasteiger partial charge in [-0.25, -0.2) is 9.78 Å². The molecular weight excluding hydrogens is 244 g/mol. The third-order valence-corrected chi connectivity index (χ3v) is 2.55.